The van der Waals surface area contributed by atoms with Crippen LogP contribution in [0.1, 0.15) is 36.8 Å². The lowest BCUT2D eigenvalue weighted by Gasteiger charge is -2.10. The van der Waals surface area contributed by atoms with Gasteiger partial charge >= 0.3 is 5.97 Å². The monoisotopic (exact) mass is 419 g/mol. The summed E-state index contributed by atoms with van der Waals surface area (Å²) in [4.78, 5) is 24.2. The molecule has 25 heavy (non-hydrogen) atoms. The first kappa shape index (κ1) is 16.5. The summed E-state index contributed by atoms with van der Waals surface area (Å²) in [6.45, 7) is 1.81. The maximum Gasteiger partial charge on any atom is 0.310 e. The lowest BCUT2D eigenvalue weighted by Crippen LogP contribution is -2.12. The second-order valence-corrected chi connectivity index (χ2v) is 7.58. The third kappa shape index (κ3) is 3.41. The van der Waals surface area contributed by atoms with Crippen LogP contribution >= 0.6 is 27.5 Å². The fraction of sp³-hybridized carbons (Fsp3) is 0.278. The van der Waals surface area contributed by atoms with Gasteiger partial charge in [-0.25, -0.2) is 9.97 Å². The van der Waals surface area contributed by atoms with Crippen LogP contribution < -0.4 is 0 Å². The Morgan fingerprint density at radius 1 is 1.44 bits per heavy atom. The highest BCUT2D eigenvalue weighted by Gasteiger charge is 2.45. The van der Waals surface area contributed by atoms with Crippen LogP contribution in [0.4, 0.5) is 0 Å². The summed E-state index contributed by atoms with van der Waals surface area (Å²) in [5, 5.41) is 0.686. The van der Waals surface area contributed by atoms with Crippen LogP contribution in [0.3, 0.4) is 0 Å². The molecule has 1 N–H and O–H groups in total. The maximum absolute atomic E-state index is 12.4. The van der Waals surface area contributed by atoms with Crippen molar-refractivity contribution in [2.45, 2.75) is 25.4 Å². The Kier molecular flexibility index (Phi) is 4.25. The van der Waals surface area contributed by atoms with E-state index >= 15 is 0 Å². The van der Waals surface area contributed by atoms with Crippen LogP contribution in [0, 0.1) is 5.92 Å². The number of nitrogens with zero attached hydrogens (tertiary/aromatic N) is 2. The molecule has 3 unspecified atom stereocenters. The number of carbonyl (C=O) groups excluding carboxylic acids is 1. The molecule has 7 heteroatoms. The van der Waals surface area contributed by atoms with Gasteiger partial charge in [-0.3, -0.25) is 4.79 Å². The lowest BCUT2D eigenvalue weighted by atomic mass is 10.1. The van der Waals surface area contributed by atoms with Gasteiger partial charge in [0.25, 0.3) is 0 Å². The Morgan fingerprint density at radius 3 is 3.08 bits per heavy atom. The fourth-order valence-corrected chi connectivity index (χ4v) is 3.49. The van der Waals surface area contributed by atoms with Crippen molar-refractivity contribution in [3.8, 4) is 0 Å². The van der Waals surface area contributed by atoms with Crippen molar-refractivity contribution in [1.29, 1.82) is 0 Å². The zero-order valence-corrected chi connectivity index (χ0v) is 15.7. The molecular weight excluding hydrogens is 406 g/mol. The summed E-state index contributed by atoms with van der Waals surface area (Å²) >= 11 is 9.40. The fourth-order valence-electron chi connectivity index (χ4n) is 2.96. The topological polar surface area (TPSA) is 67.9 Å². The van der Waals surface area contributed by atoms with E-state index in [1.165, 1.54) is 0 Å². The maximum atomic E-state index is 12.4. The van der Waals surface area contributed by atoms with Crippen LogP contribution in [0.25, 0.3) is 11.2 Å². The third-order valence-electron chi connectivity index (χ3n) is 4.37. The van der Waals surface area contributed by atoms with E-state index in [1.807, 2.05) is 30.3 Å². The predicted molar refractivity (Wildman–Crippen MR) is 98.4 cm³/mol. The molecule has 1 aliphatic rings. The number of hydrogen-bond acceptors (Lipinski definition) is 4. The first-order valence-electron chi connectivity index (χ1n) is 7.98. The van der Waals surface area contributed by atoms with Gasteiger partial charge in [-0.15, -0.1) is 0 Å². The number of carbonyl (C=O) groups is 1. The highest BCUT2D eigenvalue weighted by atomic mass is 79.9. The Hall–Kier alpha value is -1.92. The summed E-state index contributed by atoms with van der Waals surface area (Å²) in [6.07, 6.45) is 2.02. The van der Waals surface area contributed by atoms with Crippen molar-refractivity contribution in [2.75, 3.05) is 0 Å². The SMILES string of the molecule is CC(OC(=O)C1CC1c1cccc(Cl)c1)c1nc2ncc(Br)cc2[nH]1. The molecule has 128 valence electrons. The number of imidazole rings is 1. The molecule has 1 aliphatic carbocycles. The molecule has 0 bridgehead atoms. The molecule has 0 aliphatic heterocycles. The van der Waals surface area contributed by atoms with Crippen LogP contribution in [-0.4, -0.2) is 20.9 Å². The van der Waals surface area contributed by atoms with Crippen LogP contribution in [-0.2, 0) is 9.53 Å². The zero-order chi connectivity index (χ0) is 17.6. The number of esters is 1. The number of H-pyrrole nitrogens is 1. The van der Waals surface area contributed by atoms with E-state index in [4.69, 9.17) is 16.3 Å². The molecule has 4 rings (SSSR count). The molecule has 1 fully saturated rings. The molecule has 1 aromatic carbocycles. The van der Waals surface area contributed by atoms with Crippen molar-refractivity contribution in [2.24, 2.45) is 5.92 Å². The van der Waals surface area contributed by atoms with Gasteiger partial charge in [-0.05, 0) is 59.0 Å². The minimum atomic E-state index is -0.457. The van der Waals surface area contributed by atoms with Crippen molar-refractivity contribution < 1.29 is 9.53 Å². The van der Waals surface area contributed by atoms with E-state index in [-0.39, 0.29) is 17.8 Å². The van der Waals surface area contributed by atoms with Crippen molar-refractivity contribution in [3.05, 3.63) is 57.4 Å². The van der Waals surface area contributed by atoms with Crippen LogP contribution in [0.2, 0.25) is 5.02 Å². The van der Waals surface area contributed by atoms with Crippen molar-refractivity contribution in [1.82, 2.24) is 15.0 Å². The van der Waals surface area contributed by atoms with E-state index in [0.717, 1.165) is 22.0 Å². The smallest absolute Gasteiger partial charge is 0.310 e. The summed E-state index contributed by atoms with van der Waals surface area (Å²) in [7, 11) is 0. The van der Waals surface area contributed by atoms with Gasteiger partial charge in [0, 0.05) is 15.7 Å². The molecule has 2 heterocycles. The molecule has 2 aromatic heterocycles. The molecule has 3 atom stereocenters. The number of hydrogen-bond donors (Lipinski definition) is 1. The van der Waals surface area contributed by atoms with E-state index in [1.54, 1.807) is 13.1 Å². The zero-order valence-electron chi connectivity index (χ0n) is 13.4. The summed E-state index contributed by atoms with van der Waals surface area (Å²) in [6, 6.07) is 9.53. The largest absolute Gasteiger partial charge is 0.454 e. The average molecular weight is 421 g/mol. The standard InChI is InChI=1S/C18H15BrClN3O2/c1-9(16-22-15-6-11(19)8-21-17(15)23-16)25-18(24)14-7-13(14)10-3-2-4-12(20)5-10/h2-6,8-9,13-14H,7H2,1H3,(H,21,22,23). The van der Waals surface area contributed by atoms with Crippen LogP contribution in [0.5, 0.6) is 0 Å². The van der Waals surface area contributed by atoms with Crippen LogP contribution in [0.15, 0.2) is 41.0 Å². The molecule has 1 saturated carbocycles. The number of pyridine rings is 1. The van der Waals surface area contributed by atoms with E-state index in [2.05, 4.69) is 30.9 Å². The molecule has 5 nitrogen and oxygen atoms in total. The number of fused-ring (bicyclic) bond motifs is 1. The van der Waals surface area contributed by atoms with Crippen molar-refractivity contribution >= 4 is 44.7 Å². The Balaban J connectivity index is 1.43. The lowest BCUT2D eigenvalue weighted by molar-refractivity contribution is -0.150. The Bertz CT molecular complexity index is 958. The Morgan fingerprint density at radius 2 is 2.28 bits per heavy atom. The van der Waals surface area contributed by atoms with Gasteiger partial charge in [-0.1, -0.05) is 23.7 Å². The van der Waals surface area contributed by atoms with E-state index in [0.29, 0.717) is 16.5 Å². The molecular formula is C18H15BrClN3O2. The predicted octanol–water partition coefficient (Wildman–Crippen LogP) is 4.78. The molecule has 3 aromatic rings. The minimum absolute atomic E-state index is 0.113. The number of nitrogens with one attached hydrogen (secondary N) is 1. The molecule has 0 saturated heterocycles. The average Bonchev–Trinajstić information content (AvgIpc) is 3.27. The van der Waals surface area contributed by atoms with Gasteiger partial charge in [-0.2, -0.15) is 0 Å². The van der Waals surface area contributed by atoms with Gasteiger partial charge in [0.15, 0.2) is 11.8 Å². The number of benzene rings is 1. The summed E-state index contributed by atoms with van der Waals surface area (Å²) in [5.41, 5.74) is 2.49. The van der Waals surface area contributed by atoms with E-state index < -0.39 is 6.10 Å². The molecule has 0 radical (unpaired) electrons. The van der Waals surface area contributed by atoms with Gasteiger partial charge < -0.3 is 9.72 Å². The molecule has 0 spiro atoms. The summed E-state index contributed by atoms with van der Waals surface area (Å²) in [5.74, 6) is 0.463. The number of halogens is 2. The van der Waals surface area contributed by atoms with Gasteiger partial charge in [0.05, 0.1) is 11.4 Å². The van der Waals surface area contributed by atoms with Crippen molar-refractivity contribution in [3.63, 3.8) is 0 Å². The number of aromatic nitrogens is 3. The first-order valence-corrected chi connectivity index (χ1v) is 9.15. The number of aromatic amines is 1. The normalized spacial score (nSPS) is 20.4. The second-order valence-electron chi connectivity index (χ2n) is 6.23. The first-order chi connectivity index (χ1) is 12.0. The number of ether oxygens (including phenoxy) is 1. The third-order valence-corrected chi connectivity index (χ3v) is 5.04. The molecule has 0 amide bonds. The second kappa shape index (κ2) is 6.42. The highest BCUT2D eigenvalue weighted by molar-refractivity contribution is 9.10. The number of rotatable bonds is 4. The summed E-state index contributed by atoms with van der Waals surface area (Å²) < 4.78 is 6.46. The van der Waals surface area contributed by atoms with Gasteiger partial charge in [0.1, 0.15) is 5.82 Å². The van der Waals surface area contributed by atoms with Gasteiger partial charge in [0.2, 0.25) is 0 Å². The Labute approximate surface area is 157 Å². The van der Waals surface area contributed by atoms with E-state index in [9.17, 15) is 4.79 Å². The highest BCUT2D eigenvalue weighted by Crippen LogP contribution is 2.49. The minimum Gasteiger partial charge on any atom is -0.454 e. The quantitative estimate of drug-likeness (QED) is 0.617.